The molecule has 3 N–H and O–H groups in total. The normalized spacial score (nSPS) is 28.4. The van der Waals surface area contributed by atoms with Crippen LogP contribution >= 0.6 is 11.8 Å². The third kappa shape index (κ3) is 3.98. The Bertz CT molecular complexity index is 1400. The summed E-state index contributed by atoms with van der Waals surface area (Å²) in [5.74, 6) is -1.71. The van der Waals surface area contributed by atoms with Gasteiger partial charge in [0.25, 0.3) is 0 Å². The Morgan fingerprint density at radius 3 is 2.55 bits per heavy atom. The number of carbonyl (C=O) groups is 3. The van der Waals surface area contributed by atoms with Crippen molar-refractivity contribution >= 4 is 45.9 Å². The van der Waals surface area contributed by atoms with Crippen LogP contribution < -0.4 is 10.6 Å². The van der Waals surface area contributed by atoms with Crippen molar-refractivity contribution in [2.24, 2.45) is 11.8 Å². The van der Waals surface area contributed by atoms with Crippen LogP contribution in [0.5, 0.6) is 0 Å². The van der Waals surface area contributed by atoms with E-state index in [1.165, 1.54) is 0 Å². The number of nitrogens with one attached hydrogen (secondary N) is 2. The van der Waals surface area contributed by atoms with Crippen molar-refractivity contribution in [2.75, 3.05) is 11.9 Å². The molecule has 3 aromatic carbocycles. The number of thioether (sulfide) groups is 1. The summed E-state index contributed by atoms with van der Waals surface area (Å²) in [5, 5.41) is 18.2. The molecule has 2 bridgehead atoms. The highest BCUT2D eigenvalue weighted by atomic mass is 32.2. The number of benzene rings is 3. The number of nitrogens with zero attached hydrogens (tertiary/aromatic N) is 1. The average molecular weight is 530 g/mol. The summed E-state index contributed by atoms with van der Waals surface area (Å²) in [7, 11) is 0. The molecule has 6 rings (SSSR count). The van der Waals surface area contributed by atoms with Crippen LogP contribution in [0.25, 0.3) is 10.8 Å². The molecule has 3 saturated heterocycles. The zero-order chi connectivity index (χ0) is 26.4. The fraction of sp³-hybridized carbons (Fsp3) is 0.367. The van der Waals surface area contributed by atoms with Crippen molar-refractivity contribution in [1.29, 1.82) is 0 Å². The summed E-state index contributed by atoms with van der Waals surface area (Å²) in [6.45, 7) is 1.89. The first kappa shape index (κ1) is 24.9. The van der Waals surface area contributed by atoms with Gasteiger partial charge in [-0.2, -0.15) is 0 Å². The molecule has 3 heterocycles. The van der Waals surface area contributed by atoms with Crippen molar-refractivity contribution < 1.29 is 19.5 Å². The molecule has 2 unspecified atom stereocenters. The summed E-state index contributed by atoms with van der Waals surface area (Å²) < 4.78 is -0.694. The third-order valence-corrected chi connectivity index (χ3v) is 10.3. The molecule has 0 radical (unpaired) electrons. The van der Waals surface area contributed by atoms with Gasteiger partial charge in [0.2, 0.25) is 17.7 Å². The molecule has 196 valence electrons. The molecule has 6 atom stereocenters. The highest BCUT2D eigenvalue weighted by Crippen LogP contribution is 2.66. The number of likely N-dealkylation sites (tertiary alicyclic amines) is 1. The maximum absolute atomic E-state index is 13.9. The van der Waals surface area contributed by atoms with E-state index >= 15 is 0 Å². The number of hydrogen-bond donors (Lipinski definition) is 3. The van der Waals surface area contributed by atoms with Crippen molar-refractivity contribution in [1.82, 2.24) is 10.2 Å². The quantitative estimate of drug-likeness (QED) is 0.435. The van der Waals surface area contributed by atoms with Crippen LogP contribution in [0.4, 0.5) is 5.69 Å². The van der Waals surface area contributed by atoms with E-state index in [0.717, 1.165) is 22.8 Å². The van der Waals surface area contributed by atoms with E-state index in [1.54, 1.807) is 23.6 Å². The summed E-state index contributed by atoms with van der Waals surface area (Å²) >= 11 is 1.63. The fourth-order valence-corrected chi connectivity index (χ4v) is 8.84. The first-order valence-corrected chi connectivity index (χ1v) is 14.0. The molecule has 3 fully saturated rings. The van der Waals surface area contributed by atoms with E-state index in [1.807, 2.05) is 72.8 Å². The van der Waals surface area contributed by atoms with Crippen molar-refractivity contribution in [3.05, 3.63) is 78.4 Å². The largest absolute Gasteiger partial charge is 0.394 e. The Morgan fingerprint density at radius 1 is 1.05 bits per heavy atom. The molecule has 3 aliphatic rings. The van der Waals surface area contributed by atoms with E-state index in [2.05, 4.69) is 10.6 Å². The van der Waals surface area contributed by atoms with E-state index in [9.17, 15) is 19.5 Å². The smallest absolute Gasteiger partial charge is 0.248 e. The SMILES string of the molecule is C[C@H](CO)N1C(=O)[C@@H]2[C@@H](C(=O)NCc3ccccc3)[C@H]3CCC2(S3)C1C(=O)Nc1ccc2ccccc2c1. The van der Waals surface area contributed by atoms with Crippen LogP contribution in [0.2, 0.25) is 0 Å². The van der Waals surface area contributed by atoms with Crippen LogP contribution in [0.1, 0.15) is 25.3 Å². The van der Waals surface area contributed by atoms with Gasteiger partial charge >= 0.3 is 0 Å². The molecular weight excluding hydrogens is 498 g/mol. The predicted octanol–water partition coefficient (Wildman–Crippen LogP) is 3.57. The molecule has 8 heteroatoms. The number of aliphatic hydroxyl groups is 1. The lowest BCUT2D eigenvalue weighted by atomic mass is 9.70. The lowest BCUT2D eigenvalue weighted by Gasteiger charge is -2.36. The Hall–Kier alpha value is -3.36. The maximum atomic E-state index is 13.9. The van der Waals surface area contributed by atoms with Crippen molar-refractivity contribution in [3.8, 4) is 0 Å². The fourth-order valence-electron chi connectivity index (χ4n) is 6.63. The van der Waals surface area contributed by atoms with Crippen molar-refractivity contribution in [3.63, 3.8) is 0 Å². The first-order valence-electron chi connectivity index (χ1n) is 13.1. The molecule has 7 nitrogen and oxygen atoms in total. The second-order valence-corrected chi connectivity index (χ2v) is 12.2. The third-order valence-electron chi connectivity index (χ3n) is 8.35. The molecular formula is C30H31N3O4S. The summed E-state index contributed by atoms with van der Waals surface area (Å²) in [6.07, 6.45) is 1.46. The number of aliphatic hydroxyl groups excluding tert-OH is 1. The molecule has 3 aliphatic heterocycles. The lowest BCUT2D eigenvalue weighted by molar-refractivity contribution is -0.141. The molecule has 0 aromatic heterocycles. The minimum atomic E-state index is -0.768. The Labute approximate surface area is 226 Å². The molecule has 3 aromatic rings. The summed E-state index contributed by atoms with van der Waals surface area (Å²) in [6, 6.07) is 22.1. The highest BCUT2D eigenvalue weighted by molar-refractivity contribution is 8.02. The van der Waals surface area contributed by atoms with Gasteiger partial charge in [-0.05, 0) is 48.2 Å². The molecule has 3 amide bonds. The second-order valence-electron chi connectivity index (χ2n) is 10.6. The molecule has 38 heavy (non-hydrogen) atoms. The van der Waals surface area contributed by atoms with Gasteiger partial charge in [-0.25, -0.2) is 0 Å². The van der Waals surface area contributed by atoms with Crippen LogP contribution in [0.3, 0.4) is 0 Å². The zero-order valence-corrected chi connectivity index (χ0v) is 22.0. The predicted molar refractivity (Wildman–Crippen MR) is 148 cm³/mol. The topological polar surface area (TPSA) is 98.7 Å². The average Bonchev–Trinajstić information content (AvgIpc) is 3.59. The number of rotatable bonds is 7. The summed E-state index contributed by atoms with van der Waals surface area (Å²) in [5.41, 5.74) is 1.65. The number of hydrogen-bond acceptors (Lipinski definition) is 5. The van der Waals surface area contributed by atoms with Crippen LogP contribution in [-0.2, 0) is 20.9 Å². The van der Waals surface area contributed by atoms with Gasteiger partial charge < -0.3 is 20.6 Å². The Kier molecular flexibility index (Phi) is 6.40. The lowest BCUT2D eigenvalue weighted by Crippen LogP contribution is -2.54. The van der Waals surface area contributed by atoms with Gasteiger partial charge in [0, 0.05) is 17.5 Å². The number of fused-ring (bicyclic) bond motifs is 2. The molecule has 1 spiro atoms. The minimum absolute atomic E-state index is 0.0118. The Morgan fingerprint density at radius 2 is 1.79 bits per heavy atom. The second kappa shape index (κ2) is 9.75. The Balaban J connectivity index is 1.29. The van der Waals surface area contributed by atoms with Crippen molar-refractivity contribution in [2.45, 2.75) is 48.4 Å². The first-order chi connectivity index (χ1) is 18.4. The zero-order valence-electron chi connectivity index (χ0n) is 21.2. The maximum Gasteiger partial charge on any atom is 0.248 e. The van der Waals surface area contributed by atoms with Gasteiger partial charge in [-0.1, -0.05) is 60.7 Å². The van der Waals surface area contributed by atoms with Gasteiger partial charge in [0.05, 0.1) is 29.2 Å². The van der Waals surface area contributed by atoms with E-state index in [-0.39, 0.29) is 29.6 Å². The van der Waals surface area contributed by atoms with Crippen LogP contribution in [0.15, 0.2) is 72.8 Å². The minimum Gasteiger partial charge on any atom is -0.394 e. The monoisotopic (exact) mass is 529 g/mol. The van der Waals surface area contributed by atoms with Gasteiger partial charge in [-0.15, -0.1) is 11.8 Å². The molecule has 0 saturated carbocycles. The number of anilines is 1. The number of amides is 3. The van der Waals surface area contributed by atoms with E-state index in [4.69, 9.17) is 0 Å². The van der Waals surface area contributed by atoms with E-state index in [0.29, 0.717) is 18.7 Å². The number of carbonyl (C=O) groups excluding carboxylic acids is 3. The van der Waals surface area contributed by atoms with Crippen LogP contribution in [0, 0.1) is 11.8 Å². The van der Waals surface area contributed by atoms with E-state index < -0.39 is 28.7 Å². The van der Waals surface area contributed by atoms with Gasteiger partial charge in [0.15, 0.2) is 0 Å². The molecule has 0 aliphatic carbocycles. The highest BCUT2D eigenvalue weighted by Gasteiger charge is 2.74. The van der Waals surface area contributed by atoms with Gasteiger partial charge in [-0.3, -0.25) is 14.4 Å². The summed E-state index contributed by atoms with van der Waals surface area (Å²) in [4.78, 5) is 42.9. The van der Waals surface area contributed by atoms with Gasteiger partial charge in [0.1, 0.15) is 6.04 Å². The standard InChI is InChI=1S/C30H31N3O4S/c1-18(17-34)33-26(28(36)32-22-12-11-20-9-5-6-10-21(20)15-22)30-14-13-23(38-30)24(25(30)29(33)37)27(35)31-16-19-7-3-2-4-8-19/h2-12,15,18,23-26,34H,13-14,16-17H2,1H3,(H,31,35)(H,32,36)/t18-,23-,24+,25+,26?,30?/m1/s1. The van der Waals surface area contributed by atoms with Crippen LogP contribution in [-0.4, -0.2) is 56.4 Å².